The summed E-state index contributed by atoms with van der Waals surface area (Å²) in [4.78, 5) is 4.22. The molecule has 0 amide bonds. The molecule has 4 heteroatoms. The smallest absolute Gasteiger partial charge is 0.0522 e. The van der Waals surface area contributed by atoms with Gasteiger partial charge in [-0.2, -0.15) is 5.10 Å². The summed E-state index contributed by atoms with van der Waals surface area (Å²) in [5.74, 6) is 0. The van der Waals surface area contributed by atoms with Gasteiger partial charge in [0, 0.05) is 31.2 Å². The van der Waals surface area contributed by atoms with Crippen molar-refractivity contribution in [1.29, 1.82) is 0 Å². The van der Waals surface area contributed by atoms with Gasteiger partial charge in [-0.1, -0.05) is 13.0 Å². The third-order valence-electron chi connectivity index (χ3n) is 3.18. The Morgan fingerprint density at radius 3 is 2.84 bits per heavy atom. The van der Waals surface area contributed by atoms with Gasteiger partial charge in [0.15, 0.2) is 0 Å². The van der Waals surface area contributed by atoms with Gasteiger partial charge in [-0.3, -0.25) is 9.67 Å². The highest BCUT2D eigenvalue weighted by molar-refractivity contribution is 5.18. The lowest BCUT2D eigenvalue weighted by molar-refractivity contribution is 0.527. The average Bonchev–Trinajstić information content (AvgIpc) is 2.92. The summed E-state index contributed by atoms with van der Waals surface area (Å²) in [6.45, 7) is 6.22. The molecule has 0 saturated carbocycles. The van der Waals surface area contributed by atoms with Crippen molar-refractivity contribution < 1.29 is 0 Å². The molecule has 1 unspecified atom stereocenters. The van der Waals surface area contributed by atoms with E-state index in [1.54, 1.807) is 0 Å². The molecule has 2 aromatic rings. The fourth-order valence-electron chi connectivity index (χ4n) is 2.13. The number of hydrogen-bond donors (Lipinski definition) is 1. The van der Waals surface area contributed by atoms with E-state index < -0.39 is 0 Å². The van der Waals surface area contributed by atoms with E-state index in [0.29, 0.717) is 6.04 Å². The first-order valence-electron chi connectivity index (χ1n) is 6.98. The Hall–Kier alpha value is -1.68. The summed E-state index contributed by atoms with van der Waals surface area (Å²) < 4.78 is 1.97. The van der Waals surface area contributed by atoms with Crippen molar-refractivity contribution in [1.82, 2.24) is 20.1 Å². The summed E-state index contributed by atoms with van der Waals surface area (Å²) in [5.41, 5.74) is 2.50. The van der Waals surface area contributed by atoms with Crippen LogP contribution in [-0.4, -0.2) is 21.3 Å². The lowest BCUT2D eigenvalue weighted by Gasteiger charge is -2.17. The first-order chi connectivity index (χ1) is 9.33. The van der Waals surface area contributed by atoms with Crippen LogP contribution >= 0.6 is 0 Å². The maximum absolute atomic E-state index is 4.33. The Morgan fingerprint density at radius 1 is 1.32 bits per heavy atom. The second kappa shape index (κ2) is 7.04. The molecule has 0 aromatic carbocycles. The third-order valence-corrected chi connectivity index (χ3v) is 3.18. The zero-order valence-corrected chi connectivity index (χ0v) is 11.7. The first kappa shape index (κ1) is 13.7. The van der Waals surface area contributed by atoms with Gasteiger partial charge in [-0.05, 0) is 43.5 Å². The summed E-state index contributed by atoms with van der Waals surface area (Å²) in [7, 11) is 0. The van der Waals surface area contributed by atoms with E-state index in [4.69, 9.17) is 0 Å². The minimum absolute atomic E-state index is 0.308. The highest BCUT2D eigenvalue weighted by Gasteiger charge is 2.12. The number of rotatable bonds is 7. The molecule has 2 heterocycles. The Balaban J connectivity index is 2.09. The van der Waals surface area contributed by atoms with Crippen LogP contribution in [0.15, 0.2) is 36.9 Å². The fraction of sp³-hybridized carbons (Fsp3) is 0.467. The van der Waals surface area contributed by atoms with Gasteiger partial charge < -0.3 is 5.32 Å². The maximum Gasteiger partial charge on any atom is 0.0522 e. The van der Waals surface area contributed by atoms with Crippen LogP contribution in [0.3, 0.4) is 0 Å². The zero-order chi connectivity index (χ0) is 13.5. The second-order valence-electron chi connectivity index (χ2n) is 4.70. The van der Waals surface area contributed by atoms with Gasteiger partial charge in [-0.15, -0.1) is 0 Å². The first-order valence-corrected chi connectivity index (χ1v) is 6.98. The number of pyridine rings is 1. The van der Waals surface area contributed by atoms with Crippen LogP contribution in [0, 0.1) is 0 Å². The van der Waals surface area contributed by atoms with Crippen LogP contribution in [0.4, 0.5) is 0 Å². The van der Waals surface area contributed by atoms with Gasteiger partial charge in [-0.25, -0.2) is 0 Å². The lowest BCUT2D eigenvalue weighted by Crippen LogP contribution is -2.24. The normalized spacial score (nSPS) is 12.5. The molecule has 0 saturated heterocycles. The van der Waals surface area contributed by atoms with E-state index in [9.17, 15) is 0 Å². The number of aryl methyl sites for hydroxylation is 1. The highest BCUT2D eigenvalue weighted by atomic mass is 15.3. The molecule has 0 bridgehead atoms. The number of nitrogens with zero attached hydrogens (tertiary/aromatic N) is 3. The van der Waals surface area contributed by atoms with Crippen molar-refractivity contribution in [2.24, 2.45) is 0 Å². The molecule has 0 fully saturated rings. The van der Waals surface area contributed by atoms with E-state index in [0.717, 1.165) is 25.9 Å². The fourth-order valence-corrected chi connectivity index (χ4v) is 2.13. The summed E-state index contributed by atoms with van der Waals surface area (Å²) in [6.07, 6.45) is 9.92. The van der Waals surface area contributed by atoms with Gasteiger partial charge in [0.25, 0.3) is 0 Å². The van der Waals surface area contributed by atoms with Crippen LogP contribution < -0.4 is 5.32 Å². The lowest BCUT2D eigenvalue weighted by atomic mass is 10.0. The van der Waals surface area contributed by atoms with Crippen LogP contribution in [0.2, 0.25) is 0 Å². The van der Waals surface area contributed by atoms with E-state index in [-0.39, 0.29) is 0 Å². The quantitative estimate of drug-likeness (QED) is 0.830. The van der Waals surface area contributed by atoms with Gasteiger partial charge >= 0.3 is 0 Å². The van der Waals surface area contributed by atoms with Crippen LogP contribution in [0.1, 0.15) is 37.4 Å². The zero-order valence-electron chi connectivity index (χ0n) is 11.7. The minimum atomic E-state index is 0.308. The van der Waals surface area contributed by atoms with E-state index in [1.807, 2.05) is 29.3 Å². The summed E-state index contributed by atoms with van der Waals surface area (Å²) >= 11 is 0. The molecule has 1 atom stereocenters. The molecule has 0 aliphatic carbocycles. The summed E-state index contributed by atoms with van der Waals surface area (Å²) in [6, 6.07) is 4.43. The van der Waals surface area contributed by atoms with Crippen LogP contribution in [0.25, 0.3) is 0 Å². The molecule has 0 aliphatic rings. The Labute approximate surface area is 114 Å². The molecular formula is C15H22N4. The van der Waals surface area contributed by atoms with Crippen molar-refractivity contribution in [2.45, 2.75) is 39.3 Å². The van der Waals surface area contributed by atoms with Crippen molar-refractivity contribution >= 4 is 0 Å². The van der Waals surface area contributed by atoms with E-state index >= 15 is 0 Å². The van der Waals surface area contributed by atoms with Gasteiger partial charge in [0.05, 0.1) is 6.20 Å². The van der Waals surface area contributed by atoms with E-state index in [1.165, 1.54) is 11.1 Å². The molecule has 102 valence electrons. The Kier molecular flexibility index (Phi) is 5.10. The Bertz CT molecular complexity index is 478. The number of nitrogens with one attached hydrogen (secondary N) is 1. The monoisotopic (exact) mass is 258 g/mol. The predicted octanol–water partition coefficient (Wildman–Crippen LogP) is 2.58. The average molecular weight is 258 g/mol. The molecule has 0 radical (unpaired) electrons. The van der Waals surface area contributed by atoms with Crippen LogP contribution in [0.5, 0.6) is 0 Å². The SMILES string of the molecule is CCCNC(Cc1cnn(CC)c1)c1cccnc1. The van der Waals surface area contributed by atoms with Crippen LogP contribution in [-0.2, 0) is 13.0 Å². The molecule has 4 nitrogen and oxygen atoms in total. The molecule has 1 N–H and O–H groups in total. The van der Waals surface area contributed by atoms with Crippen molar-refractivity contribution in [2.75, 3.05) is 6.54 Å². The van der Waals surface area contributed by atoms with Crippen molar-refractivity contribution in [3.8, 4) is 0 Å². The molecule has 2 rings (SSSR count). The van der Waals surface area contributed by atoms with Gasteiger partial charge in [0.2, 0.25) is 0 Å². The number of hydrogen-bond acceptors (Lipinski definition) is 3. The molecular weight excluding hydrogens is 236 g/mol. The maximum atomic E-state index is 4.33. The second-order valence-corrected chi connectivity index (χ2v) is 4.70. The summed E-state index contributed by atoms with van der Waals surface area (Å²) in [5, 5.41) is 7.92. The highest BCUT2D eigenvalue weighted by Crippen LogP contribution is 2.17. The predicted molar refractivity (Wildman–Crippen MR) is 76.9 cm³/mol. The topological polar surface area (TPSA) is 42.7 Å². The van der Waals surface area contributed by atoms with Crippen molar-refractivity contribution in [3.05, 3.63) is 48.0 Å². The largest absolute Gasteiger partial charge is 0.310 e. The van der Waals surface area contributed by atoms with Crippen molar-refractivity contribution in [3.63, 3.8) is 0 Å². The standard InChI is InChI=1S/C15H22N4/c1-3-7-17-15(14-6-5-8-16-11-14)9-13-10-18-19(4-2)12-13/h5-6,8,10-12,15,17H,3-4,7,9H2,1-2H3. The molecule has 0 spiro atoms. The molecule has 0 aliphatic heterocycles. The number of aromatic nitrogens is 3. The molecule has 2 aromatic heterocycles. The molecule has 19 heavy (non-hydrogen) atoms. The third kappa shape index (κ3) is 3.89. The Morgan fingerprint density at radius 2 is 2.21 bits per heavy atom. The van der Waals surface area contributed by atoms with Gasteiger partial charge in [0.1, 0.15) is 0 Å². The minimum Gasteiger partial charge on any atom is -0.310 e. The van der Waals surface area contributed by atoms with E-state index in [2.05, 4.69) is 41.5 Å².